The molecule has 0 saturated heterocycles. The molecule has 0 aliphatic carbocycles. The molecule has 0 bridgehead atoms. The highest BCUT2D eigenvalue weighted by Crippen LogP contribution is 2.26. The Morgan fingerprint density at radius 1 is 1.35 bits per heavy atom. The molecule has 2 aromatic rings. The number of rotatable bonds is 5. The highest BCUT2D eigenvalue weighted by Gasteiger charge is 2.06. The van der Waals surface area contributed by atoms with Crippen molar-refractivity contribution in [3.05, 3.63) is 35.1 Å². The van der Waals surface area contributed by atoms with Crippen LogP contribution in [0.15, 0.2) is 24.7 Å². The van der Waals surface area contributed by atoms with Gasteiger partial charge in [0.25, 0.3) is 0 Å². The maximum absolute atomic E-state index is 4.48. The topological polar surface area (TPSA) is 37.8 Å². The fourth-order valence-electron chi connectivity index (χ4n) is 1.62. The zero-order valence-electron chi connectivity index (χ0n) is 10.2. The van der Waals surface area contributed by atoms with Gasteiger partial charge < -0.3 is 5.32 Å². The van der Waals surface area contributed by atoms with Crippen LogP contribution in [0.3, 0.4) is 0 Å². The molecule has 0 atom stereocenters. The molecule has 2 heterocycles. The summed E-state index contributed by atoms with van der Waals surface area (Å²) >= 11 is 1.75. The standard InChI is InChI=1S/C13H17N3S/c1-3-5-14-8-11-9-16-13(17-11)12-4-6-15-7-10(12)2/h4,6-7,9,14H,3,5,8H2,1-2H3. The molecule has 0 aliphatic rings. The van der Waals surface area contributed by atoms with Crippen molar-refractivity contribution in [1.29, 1.82) is 0 Å². The lowest BCUT2D eigenvalue weighted by Gasteiger charge is -2.00. The largest absolute Gasteiger partial charge is 0.312 e. The minimum Gasteiger partial charge on any atom is -0.312 e. The predicted octanol–water partition coefficient (Wildman–Crippen LogP) is 3.01. The summed E-state index contributed by atoms with van der Waals surface area (Å²) in [5.74, 6) is 0. The first-order chi connectivity index (χ1) is 8.31. The van der Waals surface area contributed by atoms with E-state index in [1.165, 1.54) is 16.0 Å². The molecule has 0 saturated carbocycles. The highest BCUT2D eigenvalue weighted by molar-refractivity contribution is 7.15. The second-order valence-corrected chi connectivity index (χ2v) is 5.11. The van der Waals surface area contributed by atoms with Gasteiger partial charge >= 0.3 is 0 Å². The van der Waals surface area contributed by atoms with Gasteiger partial charge in [-0.25, -0.2) is 4.98 Å². The smallest absolute Gasteiger partial charge is 0.123 e. The summed E-state index contributed by atoms with van der Waals surface area (Å²) in [6, 6.07) is 2.03. The lowest BCUT2D eigenvalue weighted by Crippen LogP contribution is -2.12. The molecule has 1 N–H and O–H groups in total. The normalized spacial score (nSPS) is 10.7. The summed E-state index contributed by atoms with van der Waals surface area (Å²) in [5, 5.41) is 4.47. The molecule has 90 valence electrons. The molecule has 3 nitrogen and oxygen atoms in total. The van der Waals surface area contributed by atoms with Crippen molar-refractivity contribution in [1.82, 2.24) is 15.3 Å². The van der Waals surface area contributed by atoms with Gasteiger partial charge in [0.15, 0.2) is 0 Å². The van der Waals surface area contributed by atoms with Gasteiger partial charge in [0, 0.05) is 35.6 Å². The number of pyridine rings is 1. The number of nitrogens with zero attached hydrogens (tertiary/aromatic N) is 2. The molecule has 0 aliphatic heterocycles. The van der Waals surface area contributed by atoms with E-state index in [4.69, 9.17) is 0 Å². The zero-order chi connectivity index (χ0) is 12.1. The van der Waals surface area contributed by atoms with E-state index >= 15 is 0 Å². The maximum Gasteiger partial charge on any atom is 0.123 e. The Kier molecular flexibility index (Phi) is 4.23. The van der Waals surface area contributed by atoms with E-state index in [1.807, 2.05) is 24.7 Å². The number of hydrogen-bond donors (Lipinski definition) is 1. The van der Waals surface area contributed by atoms with Crippen LogP contribution in [-0.4, -0.2) is 16.5 Å². The number of hydrogen-bond acceptors (Lipinski definition) is 4. The summed E-state index contributed by atoms with van der Waals surface area (Å²) in [6.07, 6.45) is 6.82. The number of nitrogens with one attached hydrogen (secondary N) is 1. The van der Waals surface area contributed by atoms with E-state index in [9.17, 15) is 0 Å². The monoisotopic (exact) mass is 247 g/mol. The van der Waals surface area contributed by atoms with E-state index in [1.54, 1.807) is 11.3 Å². The zero-order valence-corrected chi connectivity index (χ0v) is 11.0. The third-order valence-electron chi connectivity index (χ3n) is 2.53. The molecule has 0 aromatic carbocycles. The van der Waals surface area contributed by atoms with Gasteiger partial charge in [0.1, 0.15) is 5.01 Å². The van der Waals surface area contributed by atoms with Crippen molar-refractivity contribution in [2.45, 2.75) is 26.8 Å². The van der Waals surface area contributed by atoms with Crippen molar-refractivity contribution in [3.8, 4) is 10.6 Å². The molecule has 0 amide bonds. The summed E-state index contributed by atoms with van der Waals surface area (Å²) in [4.78, 5) is 9.86. The van der Waals surface area contributed by atoms with Gasteiger partial charge in [-0.1, -0.05) is 6.92 Å². The van der Waals surface area contributed by atoms with Crippen LogP contribution < -0.4 is 5.32 Å². The van der Waals surface area contributed by atoms with Gasteiger partial charge in [0.2, 0.25) is 0 Å². The van der Waals surface area contributed by atoms with Crippen LogP contribution in [-0.2, 0) is 6.54 Å². The molecular weight excluding hydrogens is 230 g/mol. The fraction of sp³-hybridized carbons (Fsp3) is 0.385. The third kappa shape index (κ3) is 3.11. The molecule has 2 aromatic heterocycles. The summed E-state index contributed by atoms with van der Waals surface area (Å²) in [5.41, 5.74) is 2.36. The van der Waals surface area contributed by atoms with Gasteiger partial charge in [0.05, 0.1) is 0 Å². The SMILES string of the molecule is CCCNCc1cnc(-c2ccncc2C)s1. The average Bonchev–Trinajstić information content (AvgIpc) is 2.79. The van der Waals surface area contributed by atoms with Crippen LogP contribution in [0.4, 0.5) is 0 Å². The molecule has 0 unspecified atom stereocenters. The quantitative estimate of drug-likeness (QED) is 0.825. The Labute approximate surface area is 106 Å². The first-order valence-electron chi connectivity index (χ1n) is 5.87. The van der Waals surface area contributed by atoms with Crippen molar-refractivity contribution in [2.75, 3.05) is 6.54 Å². The number of aromatic nitrogens is 2. The van der Waals surface area contributed by atoms with E-state index in [0.29, 0.717) is 0 Å². The van der Waals surface area contributed by atoms with Crippen molar-refractivity contribution in [2.24, 2.45) is 0 Å². The number of thiazole rings is 1. The second-order valence-electron chi connectivity index (χ2n) is 4.00. The summed E-state index contributed by atoms with van der Waals surface area (Å²) in [6.45, 7) is 6.21. The van der Waals surface area contributed by atoms with Crippen LogP contribution in [0.2, 0.25) is 0 Å². The van der Waals surface area contributed by atoms with Crippen molar-refractivity contribution >= 4 is 11.3 Å². The summed E-state index contributed by atoms with van der Waals surface area (Å²) < 4.78 is 0. The van der Waals surface area contributed by atoms with Crippen LogP contribution in [0.5, 0.6) is 0 Å². The van der Waals surface area contributed by atoms with Crippen LogP contribution in [0.25, 0.3) is 10.6 Å². The molecule has 17 heavy (non-hydrogen) atoms. The first-order valence-corrected chi connectivity index (χ1v) is 6.69. The second kappa shape index (κ2) is 5.89. The Morgan fingerprint density at radius 3 is 3.00 bits per heavy atom. The van der Waals surface area contributed by atoms with Gasteiger partial charge in [-0.05, 0) is 31.5 Å². The van der Waals surface area contributed by atoms with Crippen LogP contribution in [0.1, 0.15) is 23.8 Å². The van der Waals surface area contributed by atoms with Crippen molar-refractivity contribution in [3.63, 3.8) is 0 Å². The lowest BCUT2D eigenvalue weighted by molar-refractivity contribution is 0.681. The van der Waals surface area contributed by atoms with E-state index in [2.05, 4.69) is 29.1 Å². The molecule has 2 rings (SSSR count). The Morgan fingerprint density at radius 2 is 2.24 bits per heavy atom. The Hall–Kier alpha value is -1.26. The van der Waals surface area contributed by atoms with E-state index in [0.717, 1.165) is 24.5 Å². The Balaban J connectivity index is 2.10. The maximum atomic E-state index is 4.48. The van der Waals surface area contributed by atoms with E-state index < -0.39 is 0 Å². The Bertz CT molecular complexity index is 479. The third-order valence-corrected chi connectivity index (χ3v) is 3.56. The molecule has 0 fully saturated rings. The average molecular weight is 247 g/mol. The lowest BCUT2D eigenvalue weighted by atomic mass is 10.2. The number of aryl methyl sites for hydroxylation is 1. The van der Waals surface area contributed by atoms with E-state index in [-0.39, 0.29) is 0 Å². The van der Waals surface area contributed by atoms with Gasteiger partial charge in [-0.2, -0.15) is 0 Å². The molecule has 0 spiro atoms. The van der Waals surface area contributed by atoms with Crippen molar-refractivity contribution < 1.29 is 0 Å². The fourth-order valence-corrected chi connectivity index (χ4v) is 2.59. The highest BCUT2D eigenvalue weighted by atomic mass is 32.1. The molecular formula is C13H17N3S. The predicted molar refractivity (Wildman–Crippen MR) is 72.1 cm³/mol. The summed E-state index contributed by atoms with van der Waals surface area (Å²) in [7, 11) is 0. The molecule has 0 radical (unpaired) electrons. The van der Waals surface area contributed by atoms with Crippen LogP contribution >= 0.6 is 11.3 Å². The first kappa shape index (κ1) is 12.2. The minimum absolute atomic E-state index is 0.912. The van der Waals surface area contributed by atoms with Gasteiger partial charge in [-0.15, -0.1) is 11.3 Å². The molecule has 4 heteroatoms. The van der Waals surface area contributed by atoms with Crippen LogP contribution in [0, 0.1) is 6.92 Å². The minimum atomic E-state index is 0.912. The van der Waals surface area contributed by atoms with Gasteiger partial charge in [-0.3, -0.25) is 4.98 Å².